The summed E-state index contributed by atoms with van der Waals surface area (Å²) < 4.78 is 5.19. The zero-order valence-corrected chi connectivity index (χ0v) is 14.1. The van der Waals surface area contributed by atoms with Crippen LogP contribution in [0.4, 0.5) is 17.1 Å². The first-order valence-corrected chi connectivity index (χ1v) is 7.79. The van der Waals surface area contributed by atoms with E-state index in [0.717, 1.165) is 0 Å². The van der Waals surface area contributed by atoms with Gasteiger partial charge in [0, 0.05) is 30.3 Å². The highest BCUT2D eigenvalue weighted by Crippen LogP contribution is 2.27. The monoisotopic (exact) mass is 366 g/mol. The summed E-state index contributed by atoms with van der Waals surface area (Å²) in [5.41, 5.74) is 1.78. The minimum Gasteiger partial charge on any atom is -0.479 e. The van der Waals surface area contributed by atoms with E-state index < -0.39 is 10.9 Å². The third-order valence-corrected chi connectivity index (χ3v) is 3.48. The van der Waals surface area contributed by atoms with Gasteiger partial charge in [0.15, 0.2) is 5.69 Å². The predicted molar refractivity (Wildman–Crippen MR) is 98.3 cm³/mol. The number of nitro benzene ring substituents is 1. The molecule has 3 aromatic rings. The molecule has 0 saturated heterocycles. The van der Waals surface area contributed by atoms with Gasteiger partial charge in [-0.05, 0) is 36.4 Å². The molecule has 0 aliphatic carbocycles. The van der Waals surface area contributed by atoms with E-state index in [9.17, 15) is 20.0 Å². The number of aliphatic imine (C=N–C) groups is 1. The summed E-state index contributed by atoms with van der Waals surface area (Å²) in [6.45, 7) is 1.42. The molecule has 0 aliphatic heterocycles. The van der Waals surface area contributed by atoms with Gasteiger partial charge >= 0.3 is 5.95 Å². The van der Waals surface area contributed by atoms with Crippen LogP contribution in [0.15, 0.2) is 57.9 Å². The molecule has 9 nitrogen and oxygen atoms in total. The quantitative estimate of drug-likeness (QED) is 0.402. The second-order valence-electron chi connectivity index (χ2n) is 5.50. The van der Waals surface area contributed by atoms with Gasteiger partial charge in [0.05, 0.1) is 16.8 Å². The number of rotatable bonds is 5. The second-order valence-corrected chi connectivity index (χ2v) is 5.50. The zero-order valence-electron chi connectivity index (χ0n) is 14.1. The van der Waals surface area contributed by atoms with E-state index in [1.807, 2.05) is 0 Å². The van der Waals surface area contributed by atoms with Crippen LogP contribution in [-0.2, 0) is 4.79 Å². The van der Waals surface area contributed by atoms with Crippen LogP contribution in [0.2, 0.25) is 0 Å². The molecular formula is C18H14N4O5. The van der Waals surface area contributed by atoms with Crippen molar-refractivity contribution >= 4 is 29.2 Å². The van der Waals surface area contributed by atoms with Gasteiger partial charge in [0.25, 0.3) is 5.69 Å². The molecule has 3 rings (SSSR count). The Kier molecular flexibility index (Phi) is 4.93. The number of oxazole rings is 1. The largest absolute Gasteiger partial charge is 0.479 e. The van der Waals surface area contributed by atoms with E-state index in [2.05, 4.69) is 15.3 Å². The molecule has 1 amide bonds. The number of nitrogens with one attached hydrogen (secondary N) is 1. The van der Waals surface area contributed by atoms with Crippen molar-refractivity contribution in [1.29, 1.82) is 0 Å². The lowest BCUT2D eigenvalue weighted by molar-refractivity contribution is -0.384. The number of nitrogens with zero attached hydrogens (tertiary/aromatic N) is 3. The molecule has 0 unspecified atom stereocenters. The Labute approximate surface area is 153 Å². The number of aromatic nitrogens is 1. The highest BCUT2D eigenvalue weighted by atomic mass is 16.6. The van der Waals surface area contributed by atoms with Crippen LogP contribution in [0.1, 0.15) is 12.6 Å². The van der Waals surface area contributed by atoms with Crippen LogP contribution in [0, 0.1) is 10.1 Å². The number of amides is 1. The number of aromatic hydroxyl groups is 1. The number of benzene rings is 2. The number of nitro groups is 1. The first-order chi connectivity index (χ1) is 12.9. The van der Waals surface area contributed by atoms with Crippen LogP contribution in [0.25, 0.3) is 11.5 Å². The Morgan fingerprint density at radius 2 is 1.89 bits per heavy atom. The van der Waals surface area contributed by atoms with Crippen LogP contribution in [0.3, 0.4) is 0 Å². The molecule has 0 fully saturated rings. The van der Waals surface area contributed by atoms with E-state index in [0.29, 0.717) is 16.9 Å². The molecule has 9 heteroatoms. The smallest absolute Gasteiger partial charge is 0.312 e. The van der Waals surface area contributed by atoms with Crippen molar-refractivity contribution in [1.82, 2.24) is 4.98 Å². The maximum atomic E-state index is 11.0. The molecule has 2 N–H and O–H groups in total. The summed E-state index contributed by atoms with van der Waals surface area (Å²) in [5, 5.41) is 23.2. The van der Waals surface area contributed by atoms with Crippen molar-refractivity contribution in [3.8, 4) is 17.4 Å². The summed E-state index contributed by atoms with van der Waals surface area (Å²) in [5.74, 6) is -0.468. The summed E-state index contributed by atoms with van der Waals surface area (Å²) >= 11 is 0. The first kappa shape index (κ1) is 17.8. The number of anilines is 1. The highest BCUT2D eigenvalue weighted by Gasteiger charge is 2.13. The standard InChI is InChI=1S/C18H14N4O5/c1-11(23)20-14-6-4-13(5-7-14)19-10-16-18(24)27-17(21-16)12-2-8-15(9-3-12)22(25)26/h2-10,24H,1H3,(H,20,23). The Hall–Kier alpha value is -4.01. The summed E-state index contributed by atoms with van der Waals surface area (Å²) in [4.78, 5) is 29.5. The summed E-state index contributed by atoms with van der Waals surface area (Å²) in [7, 11) is 0. The van der Waals surface area contributed by atoms with E-state index in [1.165, 1.54) is 37.4 Å². The number of hydrogen-bond acceptors (Lipinski definition) is 7. The number of carbonyl (C=O) groups is 1. The zero-order chi connectivity index (χ0) is 19.4. The molecule has 0 saturated carbocycles. The maximum absolute atomic E-state index is 11.0. The fourth-order valence-electron chi connectivity index (χ4n) is 2.23. The lowest BCUT2D eigenvalue weighted by Gasteiger charge is -2.01. The molecule has 0 bridgehead atoms. The average Bonchev–Trinajstić information content (AvgIpc) is 3.01. The highest BCUT2D eigenvalue weighted by molar-refractivity contribution is 5.89. The Balaban J connectivity index is 1.77. The third kappa shape index (κ3) is 4.34. The lowest BCUT2D eigenvalue weighted by Crippen LogP contribution is -2.04. The molecule has 0 aliphatic rings. The van der Waals surface area contributed by atoms with E-state index in [1.54, 1.807) is 24.3 Å². The van der Waals surface area contributed by atoms with Crippen molar-refractivity contribution in [2.75, 3.05) is 5.32 Å². The second kappa shape index (κ2) is 7.48. The van der Waals surface area contributed by atoms with Crippen LogP contribution >= 0.6 is 0 Å². The summed E-state index contributed by atoms with van der Waals surface area (Å²) in [6, 6.07) is 12.4. The molecule has 1 heterocycles. The molecule has 1 aromatic heterocycles. The van der Waals surface area contributed by atoms with Crippen LogP contribution < -0.4 is 5.32 Å². The average molecular weight is 366 g/mol. The lowest BCUT2D eigenvalue weighted by atomic mass is 10.2. The molecule has 2 aromatic carbocycles. The molecular weight excluding hydrogens is 352 g/mol. The number of non-ortho nitro benzene ring substituents is 1. The third-order valence-electron chi connectivity index (χ3n) is 3.48. The Bertz CT molecular complexity index is 1010. The van der Waals surface area contributed by atoms with Crippen molar-refractivity contribution in [2.45, 2.75) is 6.92 Å². The van der Waals surface area contributed by atoms with Gasteiger partial charge < -0.3 is 14.8 Å². The molecule has 136 valence electrons. The van der Waals surface area contributed by atoms with E-state index >= 15 is 0 Å². The normalized spacial score (nSPS) is 10.9. The molecule has 0 radical (unpaired) electrons. The van der Waals surface area contributed by atoms with Gasteiger partial charge in [-0.1, -0.05) is 0 Å². The summed E-state index contributed by atoms with van der Waals surface area (Å²) in [6.07, 6.45) is 1.33. The minimum atomic E-state index is -0.508. The SMILES string of the molecule is CC(=O)Nc1ccc(N=Cc2nc(-c3ccc([N+](=O)[O-])cc3)oc2O)cc1. The van der Waals surface area contributed by atoms with Gasteiger partial charge in [-0.2, -0.15) is 0 Å². The van der Waals surface area contributed by atoms with Gasteiger partial charge in [0.1, 0.15) is 0 Å². The van der Waals surface area contributed by atoms with E-state index in [4.69, 9.17) is 4.42 Å². The molecule has 0 spiro atoms. The minimum absolute atomic E-state index is 0.0565. The van der Waals surface area contributed by atoms with E-state index in [-0.39, 0.29) is 23.2 Å². The Morgan fingerprint density at radius 3 is 2.48 bits per heavy atom. The van der Waals surface area contributed by atoms with Crippen LogP contribution in [-0.4, -0.2) is 27.1 Å². The van der Waals surface area contributed by atoms with Gasteiger partial charge in [-0.15, -0.1) is 0 Å². The Morgan fingerprint density at radius 1 is 1.22 bits per heavy atom. The van der Waals surface area contributed by atoms with Crippen molar-refractivity contribution < 1.29 is 19.2 Å². The fraction of sp³-hybridized carbons (Fsp3) is 0.0556. The van der Waals surface area contributed by atoms with Gasteiger partial charge in [-0.25, -0.2) is 4.98 Å². The fourth-order valence-corrected chi connectivity index (χ4v) is 2.23. The van der Waals surface area contributed by atoms with Crippen LogP contribution in [0.5, 0.6) is 5.95 Å². The predicted octanol–water partition coefficient (Wildman–Crippen LogP) is 3.66. The van der Waals surface area contributed by atoms with Gasteiger partial charge in [0.2, 0.25) is 11.8 Å². The maximum Gasteiger partial charge on any atom is 0.312 e. The molecule has 27 heavy (non-hydrogen) atoms. The number of carbonyl (C=O) groups excluding carboxylic acids is 1. The van der Waals surface area contributed by atoms with Crippen molar-refractivity contribution in [3.63, 3.8) is 0 Å². The first-order valence-electron chi connectivity index (χ1n) is 7.79. The van der Waals surface area contributed by atoms with Crippen molar-refractivity contribution in [3.05, 3.63) is 64.3 Å². The number of hydrogen-bond donors (Lipinski definition) is 2. The van der Waals surface area contributed by atoms with Crippen molar-refractivity contribution in [2.24, 2.45) is 4.99 Å². The molecule has 0 atom stereocenters. The topological polar surface area (TPSA) is 131 Å². The van der Waals surface area contributed by atoms with Gasteiger partial charge in [-0.3, -0.25) is 19.9 Å².